The van der Waals surface area contributed by atoms with Crippen LogP contribution in [0.3, 0.4) is 0 Å². The zero-order valence-corrected chi connectivity index (χ0v) is 12.9. The Morgan fingerprint density at radius 3 is 2.54 bits per heavy atom. The van der Waals surface area contributed by atoms with Gasteiger partial charge in [0.15, 0.2) is 5.69 Å². The molecule has 7 heteroatoms. The van der Waals surface area contributed by atoms with E-state index in [1.54, 1.807) is 42.5 Å². The smallest absolute Gasteiger partial charge is 0.435 e. The number of ether oxygens (including phenoxy) is 1. The first-order chi connectivity index (χ1) is 11.4. The van der Waals surface area contributed by atoms with Crippen molar-refractivity contribution in [2.24, 2.45) is 0 Å². The first-order valence-corrected chi connectivity index (χ1v) is 7.50. The fourth-order valence-corrected chi connectivity index (χ4v) is 2.95. The topological polar surface area (TPSA) is 27.1 Å². The second-order valence-electron chi connectivity index (χ2n) is 5.36. The lowest BCUT2D eigenvalue weighted by Gasteiger charge is -2.20. The van der Waals surface area contributed by atoms with Gasteiger partial charge in [0, 0.05) is 5.02 Å². The molecule has 0 spiro atoms. The number of hydrogen-bond acceptors (Lipinski definition) is 2. The summed E-state index contributed by atoms with van der Waals surface area (Å²) < 4.78 is 47.4. The van der Waals surface area contributed by atoms with E-state index in [0.29, 0.717) is 21.8 Å². The molecule has 0 bridgehead atoms. The molecule has 0 fully saturated rings. The number of aromatic nitrogens is 2. The van der Waals surface area contributed by atoms with Crippen molar-refractivity contribution in [1.29, 1.82) is 0 Å². The molecule has 122 valence electrons. The van der Waals surface area contributed by atoms with E-state index < -0.39 is 11.9 Å². The molecule has 4 rings (SSSR count). The summed E-state index contributed by atoms with van der Waals surface area (Å²) in [5, 5.41) is 4.15. The third-order valence-electron chi connectivity index (χ3n) is 3.82. The minimum Gasteiger partial charge on any atom is -0.472 e. The lowest BCUT2D eigenvalue weighted by atomic mass is 9.98. The van der Waals surface area contributed by atoms with Gasteiger partial charge in [0.1, 0.15) is 6.61 Å². The molecular weight excluding hydrogens is 341 g/mol. The van der Waals surface area contributed by atoms with E-state index in [2.05, 4.69) is 5.10 Å². The van der Waals surface area contributed by atoms with Gasteiger partial charge in [-0.25, -0.2) is 0 Å². The Bertz CT molecular complexity index is 920. The van der Waals surface area contributed by atoms with E-state index in [0.717, 1.165) is 0 Å². The Labute approximate surface area is 140 Å². The summed E-state index contributed by atoms with van der Waals surface area (Å²) in [5.74, 6) is 0.0725. The summed E-state index contributed by atoms with van der Waals surface area (Å²) in [6, 6.07) is 13.4. The molecule has 0 N–H and O–H groups in total. The van der Waals surface area contributed by atoms with E-state index >= 15 is 0 Å². The molecule has 24 heavy (non-hydrogen) atoms. The van der Waals surface area contributed by atoms with Crippen LogP contribution in [0.25, 0.3) is 16.8 Å². The molecule has 0 radical (unpaired) electrons. The quantitative estimate of drug-likeness (QED) is 0.610. The van der Waals surface area contributed by atoms with Crippen LogP contribution in [0.5, 0.6) is 5.88 Å². The maximum atomic E-state index is 13.5. The highest BCUT2D eigenvalue weighted by atomic mass is 35.5. The molecule has 0 unspecified atom stereocenters. The van der Waals surface area contributed by atoms with Crippen molar-refractivity contribution in [3.05, 3.63) is 64.8 Å². The normalized spacial score (nSPS) is 13.2. The number of nitrogens with zero attached hydrogens (tertiary/aromatic N) is 2. The van der Waals surface area contributed by atoms with Crippen LogP contribution in [0.15, 0.2) is 48.5 Å². The highest BCUT2D eigenvalue weighted by Gasteiger charge is 2.42. The van der Waals surface area contributed by atoms with Crippen LogP contribution in [0, 0.1) is 0 Å². The minimum atomic E-state index is -4.61. The number of fused-ring (bicyclic) bond motifs is 3. The van der Waals surface area contributed by atoms with Gasteiger partial charge in [0.05, 0.1) is 11.3 Å². The molecule has 0 atom stereocenters. The second kappa shape index (κ2) is 5.27. The molecular formula is C17H10ClF3N2O. The van der Waals surface area contributed by atoms with Gasteiger partial charge in [0.2, 0.25) is 5.88 Å². The third kappa shape index (κ3) is 2.34. The first kappa shape index (κ1) is 15.1. The summed E-state index contributed by atoms with van der Waals surface area (Å²) in [6.45, 7) is 0.162. The molecule has 1 aromatic heterocycles. The number of para-hydroxylation sites is 1. The lowest BCUT2D eigenvalue weighted by Crippen LogP contribution is -2.10. The molecule has 3 nitrogen and oxygen atoms in total. The van der Waals surface area contributed by atoms with E-state index in [1.165, 1.54) is 10.7 Å². The highest BCUT2D eigenvalue weighted by molar-refractivity contribution is 6.30. The van der Waals surface area contributed by atoms with Crippen LogP contribution in [-0.2, 0) is 12.8 Å². The van der Waals surface area contributed by atoms with Gasteiger partial charge in [-0.05, 0) is 35.4 Å². The lowest BCUT2D eigenvalue weighted by molar-refractivity contribution is -0.140. The van der Waals surface area contributed by atoms with Gasteiger partial charge in [-0.2, -0.15) is 23.0 Å². The van der Waals surface area contributed by atoms with Crippen molar-refractivity contribution in [3.8, 4) is 22.7 Å². The molecule has 2 aromatic carbocycles. The van der Waals surface area contributed by atoms with Crippen molar-refractivity contribution in [2.75, 3.05) is 0 Å². The predicted octanol–water partition coefficient (Wildman–Crippen LogP) is 5.10. The maximum Gasteiger partial charge on any atom is 0.435 e. The van der Waals surface area contributed by atoms with Gasteiger partial charge in [-0.15, -0.1) is 0 Å². The summed E-state index contributed by atoms with van der Waals surface area (Å²) in [5.41, 5.74) is 0.484. The van der Waals surface area contributed by atoms with Crippen molar-refractivity contribution in [3.63, 3.8) is 0 Å². The number of halogens is 4. The second-order valence-corrected chi connectivity index (χ2v) is 5.80. The fourth-order valence-electron chi connectivity index (χ4n) is 2.77. The molecule has 2 heterocycles. The molecule has 0 saturated heterocycles. The number of hydrogen-bond donors (Lipinski definition) is 0. The van der Waals surface area contributed by atoms with Crippen molar-refractivity contribution in [1.82, 2.24) is 9.78 Å². The summed E-state index contributed by atoms with van der Waals surface area (Å²) in [4.78, 5) is 0. The Morgan fingerprint density at radius 2 is 1.83 bits per heavy atom. The summed E-state index contributed by atoms with van der Waals surface area (Å²) >= 11 is 5.98. The van der Waals surface area contributed by atoms with Crippen LogP contribution in [0.2, 0.25) is 5.02 Å². The molecule has 0 amide bonds. The van der Waals surface area contributed by atoms with Crippen LogP contribution >= 0.6 is 11.6 Å². The van der Waals surface area contributed by atoms with Crippen molar-refractivity contribution in [2.45, 2.75) is 12.8 Å². The molecule has 0 aliphatic carbocycles. The maximum absolute atomic E-state index is 13.5. The highest BCUT2D eigenvalue weighted by Crippen LogP contribution is 2.47. The average molecular weight is 351 g/mol. The fraction of sp³-hybridized carbons (Fsp3) is 0.118. The van der Waals surface area contributed by atoms with Gasteiger partial charge < -0.3 is 4.74 Å². The zero-order valence-electron chi connectivity index (χ0n) is 12.1. The van der Waals surface area contributed by atoms with Crippen LogP contribution in [0.4, 0.5) is 13.2 Å². The summed E-state index contributed by atoms with van der Waals surface area (Å²) in [6.07, 6.45) is -4.61. The van der Waals surface area contributed by atoms with Gasteiger partial charge >= 0.3 is 6.18 Å². The Morgan fingerprint density at radius 1 is 1.08 bits per heavy atom. The Kier molecular flexibility index (Phi) is 3.31. The van der Waals surface area contributed by atoms with Crippen LogP contribution in [0.1, 0.15) is 11.3 Å². The standard InChI is InChI=1S/C17H10ClF3N2O/c18-11-7-6-10-9-24-16-14(13(10)8-11)15(17(19,20)21)22-23(16)12-4-2-1-3-5-12/h1-8H,9H2. The molecule has 1 aliphatic heterocycles. The van der Waals surface area contributed by atoms with Gasteiger partial charge in [-0.3, -0.25) is 0 Å². The molecule has 3 aromatic rings. The Balaban J connectivity index is 2.03. The monoisotopic (exact) mass is 350 g/mol. The predicted molar refractivity (Wildman–Crippen MR) is 83.3 cm³/mol. The van der Waals surface area contributed by atoms with Gasteiger partial charge in [-0.1, -0.05) is 35.9 Å². The number of alkyl halides is 3. The molecule has 0 saturated carbocycles. The van der Waals surface area contributed by atoms with Crippen molar-refractivity contribution >= 4 is 11.6 Å². The third-order valence-corrected chi connectivity index (χ3v) is 4.05. The van der Waals surface area contributed by atoms with Crippen molar-refractivity contribution < 1.29 is 17.9 Å². The minimum absolute atomic E-state index is 0.0725. The largest absolute Gasteiger partial charge is 0.472 e. The summed E-state index contributed by atoms with van der Waals surface area (Å²) in [7, 11) is 0. The van der Waals surface area contributed by atoms with E-state index in [4.69, 9.17) is 16.3 Å². The SMILES string of the molecule is FC(F)(F)c1nn(-c2ccccc2)c2c1-c1cc(Cl)ccc1CO2. The zero-order chi connectivity index (χ0) is 16.9. The van der Waals surface area contributed by atoms with E-state index in [-0.39, 0.29) is 18.1 Å². The van der Waals surface area contributed by atoms with Crippen LogP contribution < -0.4 is 4.74 Å². The van der Waals surface area contributed by atoms with E-state index in [1.807, 2.05) is 0 Å². The van der Waals surface area contributed by atoms with E-state index in [9.17, 15) is 13.2 Å². The number of benzene rings is 2. The number of rotatable bonds is 1. The Hall–Kier alpha value is -2.47. The first-order valence-electron chi connectivity index (χ1n) is 7.12. The van der Waals surface area contributed by atoms with Gasteiger partial charge in [0.25, 0.3) is 0 Å². The molecule has 1 aliphatic rings. The van der Waals surface area contributed by atoms with Crippen LogP contribution in [-0.4, -0.2) is 9.78 Å². The average Bonchev–Trinajstić information content (AvgIpc) is 2.96.